The molecular weight excluding hydrogens is 190 g/mol. The first kappa shape index (κ1) is 16.6. The molecule has 0 aliphatic heterocycles. The van der Waals surface area contributed by atoms with E-state index in [1.54, 1.807) is 6.92 Å². The number of carbonyl (C=O) groups is 1. The highest BCUT2D eigenvalue weighted by atomic mass is 16.5. The fourth-order valence-corrected chi connectivity index (χ4v) is 1.21. The second-order valence-electron chi connectivity index (χ2n) is 3.80. The molecule has 0 spiro atoms. The molecule has 0 saturated carbocycles. The summed E-state index contributed by atoms with van der Waals surface area (Å²) >= 11 is 0. The molecule has 0 fully saturated rings. The van der Waals surface area contributed by atoms with E-state index >= 15 is 0 Å². The number of hydrogen-bond acceptors (Lipinski definition) is 3. The van der Waals surface area contributed by atoms with Gasteiger partial charge in [-0.05, 0) is 19.3 Å². The summed E-state index contributed by atoms with van der Waals surface area (Å²) in [6.45, 7) is 10.1. The van der Waals surface area contributed by atoms with E-state index in [9.17, 15) is 4.79 Å². The van der Waals surface area contributed by atoms with Crippen LogP contribution in [0.3, 0.4) is 0 Å². The van der Waals surface area contributed by atoms with Crippen molar-refractivity contribution in [2.45, 2.75) is 46.5 Å². The number of esters is 1. The van der Waals surface area contributed by atoms with Gasteiger partial charge in [-0.3, -0.25) is 0 Å². The lowest BCUT2D eigenvalue weighted by molar-refractivity contribution is -0.140. The highest BCUT2D eigenvalue weighted by molar-refractivity contribution is 5.86. The summed E-state index contributed by atoms with van der Waals surface area (Å²) in [5.74, 6) is 0.248. The van der Waals surface area contributed by atoms with Crippen molar-refractivity contribution in [3.05, 3.63) is 12.2 Å². The minimum atomic E-state index is -0.264. The Balaban J connectivity index is 0. The zero-order valence-corrected chi connectivity index (χ0v) is 10.3. The Bertz CT molecular complexity index is 190. The number of rotatable bonds is 7. The van der Waals surface area contributed by atoms with Crippen LogP contribution in [0, 0.1) is 5.92 Å². The zero-order valence-electron chi connectivity index (χ0n) is 10.3. The van der Waals surface area contributed by atoms with Crippen LogP contribution in [0.4, 0.5) is 0 Å². The monoisotopic (exact) mass is 215 g/mol. The van der Waals surface area contributed by atoms with Gasteiger partial charge >= 0.3 is 5.97 Å². The summed E-state index contributed by atoms with van der Waals surface area (Å²) in [6, 6.07) is 0. The molecule has 0 heterocycles. The summed E-state index contributed by atoms with van der Waals surface area (Å²) in [4.78, 5) is 11.1. The van der Waals surface area contributed by atoms with E-state index in [0.717, 1.165) is 12.8 Å². The standard InChI is InChI=1S/C12H22O2.H3N/c1-5-7-8-11(6-2)9-14-12(13)10(3)4;/h11H,3,5-9H2,1-2,4H3;1H3. The number of hydrogen-bond donors (Lipinski definition) is 1. The first-order chi connectivity index (χ1) is 6.61. The molecule has 3 heteroatoms. The highest BCUT2D eigenvalue weighted by Crippen LogP contribution is 2.13. The Kier molecular flexibility index (Phi) is 10.7. The van der Waals surface area contributed by atoms with E-state index in [1.807, 2.05) is 0 Å². The lowest BCUT2D eigenvalue weighted by Gasteiger charge is -2.14. The van der Waals surface area contributed by atoms with E-state index in [2.05, 4.69) is 20.4 Å². The van der Waals surface area contributed by atoms with Crippen LogP contribution in [0.5, 0.6) is 0 Å². The number of carbonyl (C=O) groups excluding carboxylic acids is 1. The van der Waals surface area contributed by atoms with E-state index in [4.69, 9.17) is 4.74 Å². The van der Waals surface area contributed by atoms with Gasteiger partial charge in [-0.1, -0.05) is 39.7 Å². The van der Waals surface area contributed by atoms with Crippen molar-refractivity contribution in [3.63, 3.8) is 0 Å². The van der Waals surface area contributed by atoms with Gasteiger partial charge < -0.3 is 10.9 Å². The smallest absolute Gasteiger partial charge is 0.333 e. The molecule has 0 radical (unpaired) electrons. The summed E-state index contributed by atoms with van der Waals surface area (Å²) in [5, 5.41) is 0. The molecule has 0 saturated heterocycles. The van der Waals surface area contributed by atoms with Crippen molar-refractivity contribution in [1.29, 1.82) is 0 Å². The lowest BCUT2D eigenvalue weighted by Crippen LogP contribution is -2.14. The summed E-state index contributed by atoms with van der Waals surface area (Å²) in [5.41, 5.74) is 0.482. The lowest BCUT2D eigenvalue weighted by atomic mass is 10.0. The van der Waals surface area contributed by atoms with Gasteiger partial charge in [0.25, 0.3) is 0 Å². The van der Waals surface area contributed by atoms with Gasteiger partial charge in [-0.2, -0.15) is 0 Å². The van der Waals surface area contributed by atoms with Gasteiger partial charge in [0.05, 0.1) is 6.61 Å². The maximum atomic E-state index is 11.1. The average molecular weight is 215 g/mol. The molecule has 0 amide bonds. The van der Waals surface area contributed by atoms with Crippen molar-refractivity contribution in [2.75, 3.05) is 6.61 Å². The second-order valence-corrected chi connectivity index (χ2v) is 3.80. The zero-order chi connectivity index (χ0) is 11.0. The first-order valence-electron chi connectivity index (χ1n) is 5.44. The van der Waals surface area contributed by atoms with Gasteiger partial charge in [-0.15, -0.1) is 0 Å². The Hall–Kier alpha value is -0.830. The van der Waals surface area contributed by atoms with E-state index < -0.39 is 0 Å². The molecule has 0 aliphatic carbocycles. The Morgan fingerprint density at radius 2 is 2.00 bits per heavy atom. The molecule has 0 aromatic heterocycles. The van der Waals surface area contributed by atoms with Crippen molar-refractivity contribution in [1.82, 2.24) is 6.15 Å². The Labute approximate surface area is 93.5 Å². The normalized spacial score (nSPS) is 11.4. The quantitative estimate of drug-likeness (QED) is 0.522. The molecule has 15 heavy (non-hydrogen) atoms. The molecule has 90 valence electrons. The fourth-order valence-electron chi connectivity index (χ4n) is 1.21. The summed E-state index contributed by atoms with van der Waals surface area (Å²) in [6.07, 6.45) is 4.63. The molecule has 0 aliphatic rings. The maximum absolute atomic E-state index is 11.1. The van der Waals surface area contributed by atoms with Crippen LogP contribution >= 0.6 is 0 Å². The Morgan fingerprint density at radius 1 is 1.40 bits per heavy atom. The summed E-state index contributed by atoms with van der Waals surface area (Å²) < 4.78 is 5.12. The van der Waals surface area contributed by atoms with Crippen molar-refractivity contribution in [2.24, 2.45) is 5.92 Å². The van der Waals surface area contributed by atoms with Gasteiger partial charge in [0.15, 0.2) is 0 Å². The summed E-state index contributed by atoms with van der Waals surface area (Å²) in [7, 11) is 0. The van der Waals surface area contributed by atoms with E-state index in [0.29, 0.717) is 18.1 Å². The molecule has 0 aromatic carbocycles. The third kappa shape index (κ3) is 8.18. The van der Waals surface area contributed by atoms with Gasteiger partial charge in [0.1, 0.15) is 0 Å². The predicted molar refractivity (Wildman–Crippen MR) is 64.1 cm³/mol. The first-order valence-corrected chi connectivity index (χ1v) is 5.44. The molecule has 0 aromatic rings. The Morgan fingerprint density at radius 3 is 2.40 bits per heavy atom. The fraction of sp³-hybridized carbons (Fsp3) is 0.750. The van der Waals surface area contributed by atoms with Crippen LogP contribution in [0.25, 0.3) is 0 Å². The topological polar surface area (TPSA) is 61.3 Å². The van der Waals surface area contributed by atoms with Crippen molar-refractivity contribution in [3.8, 4) is 0 Å². The van der Waals surface area contributed by atoms with Gasteiger partial charge in [-0.25, -0.2) is 4.79 Å². The van der Waals surface area contributed by atoms with Crippen LogP contribution in [0.15, 0.2) is 12.2 Å². The van der Waals surface area contributed by atoms with Crippen LogP contribution in [-0.4, -0.2) is 12.6 Å². The molecule has 1 atom stereocenters. The third-order valence-corrected chi connectivity index (χ3v) is 2.34. The molecule has 0 rings (SSSR count). The van der Waals surface area contributed by atoms with Crippen LogP contribution in [-0.2, 0) is 9.53 Å². The second kappa shape index (κ2) is 9.71. The number of ether oxygens (including phenoxy) is 1. The van der Waals surface area contributed by atoms with Gasteiger partial charge in [0.2, 0.25) is 0 Å². The highest BCUT2D eigenvalue weighted by Gasteiger charge is 2.09. The molecular formula is C12H25NO2. The maximum Gasteiger partial charge on any atom is 0.333 e. The average Bonchev–Trinajstić information content (AvgIpc) is 2.17. The van der Waals surface area contributed by atoms with Crippen LogP contribution in [0.1, 0.15) is 46.5 Å². The number of unbranched alkanes of at least 4 members (excludes halogenated alkanes) is 1. The molecule has 3 N–H and O–H groups in total. The predicted octanol–water partition coefficient (Wildman–Crippen LogP) is 3.48. The van der Waals surface area contributed by atoms with Crippen molar-refractivity contribution < 1.29 is 9.53 Å². The third-order valence-electron chi connectivity index (χ3n) is 2.34. The minimum absolute atomic E-state index is 0. The SMILES string of the molecule is C=C(C)C(=O)OCC(CC)CCCC.N. The van der Waals surface area contributed by atoms with Crippen LogP contribution in [0.2, 0.25) is 0 Å². The van der Waals surface area contributed by atoms with E-state index in [1.165, 1.54) is 12.8 Å². The minimum Gasteiger partial charge on any atom is -0.462 e. The van der Waals surface area contributed by atoms with Crippen molar-refractivity contribution >= 4 is 5.97 Å². The van der Waals surface area contributed by atoms with E-state index in [-0.39, 0.29) is 12.1 Å². The largest absolute Gasteiger partial charge is 0.462 e. The molecule has 1 unspecified atom stereocenters. The molecule has 3 nitrogen and oxygen atoms in total. The molecule has 0 bridgehead atoms. The van der Waals surface area contributed by atoms with Gasteiger partial charge in [0, 0.05) is 5.57 Å². The van der Waals surface area contributed by atoms with Crippen LogP contribution < -0.4 is 6.15 Å².